The summed E-state index contributed by atoms with van der Waals surface area (Å²) >= 11 is 1.74. The molecule has 0 spiro atoms. The van der Waals surface area contributed by atoms with Gasteiger partial charge in [-0.1, -0.05) is 13.3 Å². The van der Waals surface area contributed by atoms with Crippen LogP contribution in [0.2, 0.25) is 0 Å². The van der Waals surface area contributed by atoms with Crippen molar-refractivity contribution in [2.75, 3.05) is 11.4 Å². The van der Waals surface area contributed by atoms with E-state index in [0.29, 0.717) is 11.8 Å². The molecule has 3 aromatic rings. The van der Waals surface area contributed by atoms with E-state index in [1.54, 1.807) is 17.7 Å². The molecule has 6 nitrogen and oxygen atoms in total. The maximum absolute atomic E-state index is 4.62. The van der Waals surface area contributed by atoms with E-state index in [4.69, 9.17) is 0 Å². The van der Waals surface area contributed by atoms with Crippen molar-refractivity contribution in [1.29, 1.82) is 0 Å². The second-order valence-corrected chi connectivity index (χ2v) is 6.83. The predicted octanol–water partition coefficient (Wildman–Crippen LogP) is 3.26. The first-order valence-electron chi connectivity index (χ1n) is 8.22. The van der Waals surface area contributed by atoms with E-state index in [1.165, 1.54) is 17.8 Å². The molecule has 0 aliphatic carbocycles. The summed E-state index contributed by atoms with van der Waals surface area (Å²) in [6.07, 6.45) is 9.10. The smallest absolute Gasteiger partial charge is 0.254 e. The molecule has 1 aliphatic rings. The summed E-state index contributed by atoms with van der Waals surface area (Å²) in [6, 6.07) is 2.50. The lowest BCUT2D eigenvalue weighted by Crippen LogP contribution is -2.35. The van der Waals surface area contributed by atoms with Crippen LogP contribution in [0.5, 0.6) is 0 Å². The Morgan fingerprint density at radius 3 is 3.09 bits per heavy atom. The van der Waals surface area contributed by atoms with Gasteiger partial charge in [0.25, 0.3) is 5.78 Å². The molecule has 1 aliphatic heterocycles. The third kappa shape index (κ3) is 2.69. The van der Waals surface area contributed by atoms with Crippen LogP contribution in [0.4, 0.5) is 5.82 Å². The van der Waals surface area contributed by atoms with Crippen molar-refractivity contribution in [3.05, 3.63) is 34.7 Å². The maximum Gasteiger partial charge on any atom is 0.254 e. The zero-order valence-corrected chi connectivity index (χ0v) is 14.0. The fourth-order valence-electron chi connectivity index (χ4n) is 3.29. The van der Waals surface area contributed by atoms with Gasteiger partial charge >= 0.3 is 0 Å². The number of anilines is 1. The minimum Gasteiger partial charge on any atom is -0.347 e. The number of rotatable bonds is 4. The van der Waals surface area contributed by atoms with E-state index in [0.717, 1.165) is 37.3 Å². The minimum absolute atomic E-state index is 0.327. The number of fused-ring (bicyclic) bond motifs is 1. The quantitative estimate of drug-likeness (QED) is 0.735. The van der Waals surface area contributed by atoms with Gasteiger partial charge in [-0.15, -0.1) is 11.3 Å². The molecule has 23 heavy (non-hydrogen) atoms. The minimum atomic E-state index is 0.327. The summed E-state index contributed by atoms with van der Waals surface area (Å²) in [5.41, 5.74) is 1.09. The standard InChI is InChI=1S/C16H20N6S/c1-2-5-12-10-14(22-16(20-12)18-11-19-22)21-8-4-3-6-13(21)15-17-7-9-23-15/h7,9-11,13H,2-6,8H2,1H3/t13-/m1/s1. The first-order valence-corrected chi connectivity index (χ1v) is 9.10. The van der Waals surface area contributed by atoms with Crippen LogP contribution in [0, 0.1) is 0 Å². The summed E-state index contributed by atoms with van der Waals surface area (Å²) in [7, 11) is 0. The van der Waals surface area contributed by atoms with Crippen LogP contribution in [0.3, 0.4) is 0 Å². The molecule has 3 aromatic heterocycles. The summed E-state index contributed by atoms with van der Waals surface area (Å²) in [5, 5.41) is 7.64. The van der Waals surface area contributed by atoms with Crippen molar-refractivity contribution in [3.63, 3.8) is 0 Å². The fourth-order valence-corrected chi connectivity index (χ4v) is 4.08. The molecule has 4 heterocycles. The Kier molecular flexibility index (Phi) is 3.95. The van der Waals surface area contributed by atoms with Gasteiger partial charge in [0.05, 0.1) is 6.04 Å². The molecular weight excluding hydrogens is 308 g/mol. The monoisotopic (exact) mass is 328 g/mol. The highest BCUT2D eigenvalue weighted by atomic mass is 32.1. The third-order valence-corrected chi connectivity index (χ3v) is 5.20. The van der Waals surface area contributed by atoms with Crippen molar-refractivity contribution in [2.24, 2.45) is 0 Å². The van der Waals surface area contributed by atoms with Gasteiger partial charge in [0, 0.05) is 29.9 Å². The average molecular weight is 328 g/mol. The molecule has 0 unspecified atom stereocenters. The number of piperidine rings is 1. The lowest BCUT2D eigenvalue weighted by atomic mass is 10.0. The van der Waals surface area contributed by atoms with Crippen LogP contribution >= 0.6 is 11.3 Å². The normalized spacial score (nSPS) is 18.7. The van der Waals surface area contributed by atoms with Gasteiger partial charge in [-0.25, -0.2) is 9.97 Å². The van der Waals surface area contributed by atoms with Gasteiger partial charge in [-0.05, 0) is 25.7 Å². The van der Waals surface area contributed by atoms with Crippen molar-refractivity contribution in [2.45, 2.75) is 45.1 Å². The summed E-state index contributed by atoms with van der Waals surface area (Å²) in [5.74, 6) is 1.78. The first-order chi connectivity index (χ1) is 11.4. The van der Waals surface area contributed by atoms with Crippen molar-refractivity contribution in [3.8, 4) is 0 Å². The van der Waals surface area contributed by atoms with E-state index in [-0.39, 0.29) is 0 Å². The second-order valence-electron chi connectivity index (χ2n) is 5.90. The number of aryl methyl sites for hydroxylation is 1. The van der Waals surface area contributed by atoms with Crippen molar-refractivity contribution in [1.82, 2.24) is 24.6 Å². The van der Waals surface area contributed by atoms with Crippen LogP contribution in [-0.2, 0) is 6.42 Å². The number of thiazole rings is 1. The lowest BCUT2D eigenvalue weighted by molar-refractivity contribution is 0.464. The van der Waals surface area contributed by atoms with Gasteiger partial charge in [0.15, 0.2) is 0 Å². The topological polar surface area (TPSA) is 59.2 Å². The van der Waals surface area contributed by atoms with Crippen molar-refractivity contribution < 1.29 is 0 Å². The number of nitrogens with zero attached hydrogens (tertiary/aromatic N) is 6. The highest BCUT2D eigenvalue weighted by Gasteiger charge is 2.28. The Morgan fingerprint density at radius 2 is 2.26 bits per heavy atom. The van der Waals surface area contributed by atoms with E-state index in [9.17, 15) is 0 Å². The van der Waals surface area contributed by atoms with Crippen molar-refractivity contribution >= 4 is 22.9 Å². The lowest BCUT2D eigenvalue weighted by Gasteiger charge is -2.36. The van der Waals surface area contributed by atoms with Crippen LogP contribution < -0.4 is 4.90 Å². The maximum atomic E-state index is 4.62. The molecule has 0 aromatic carbocycles. The Hall–Kier alpha value is -2.02. The molecule has 1 saturated heterocycles. The van der Waals surface area contributed by atoms with E-state index >= 15 is 0 Å². The van der Waals surface area contributed by atoms with Crippen LogP contribution in [0.25, 0.3) is 5.78 Å². The third-order valence-electron chi connectivity index (χ3n) is 4.33. The Balaban J connectivity index is 1.80. The van der Waals surface area contributed by atoms with E-state index < -0.39 is 0 Å². The largest absolute Gasteiger partial charge is 0.347 e. The number of hydrogen-bond donors (Lipinski definition) is 0. The molecule has 0 amide bonds. The molecule has 1 atom stereocenters. The van der Waals surface area contributed by atoms with Gasteiger partial charge in [0.1, 0.15) is 17.2 Å². The fraction of sp³-hybridized carbons (Fsp3) is 0.500. The average Bonchev–Trinajstić information content (AvgIpc) is 3.26. The highest BCUT2D eigenvalue weighted by Crippen LogP contribution is 2.35. The second kappa shape index (κ2) is 6.23. The molecule has 7 heteroatoms. The molecule has 0 bridgehead atoms. The predicted molar refractivity (Wildman–Crippen MR) is 90.8 cm³/mol. The van der Waals surface area contributed by atoms with Gasteiger partial charge in [0.2, 0.25) is 0 Å². The molecule has 0 N–H and O–H groups in total. The summed E-state index contributed by atoms with van der Waals surface area (Å²) in [4.78, 5) is 15.9. The molecule has 120 valence electrons. The Labute approximate surface area is 139 Å². The van der Waals surface area contributed by atoms with Gasteiger partial charge in [-0.2, -0.15) is 14.6 Å². The van der Waals surface area contributed by atoms with Gasteiger partial charge < -0.3 is 4.90 Å². The first kappa shape index (κ1) is 14.6. The van der Waals surface area contributed by atoms with Crippen LogP contribution in [0.1, 0.15) is 49.4 Å². The zero-order chi connectivity index (χ0) is 15.6. The molecule has 1 fully saturated rings. The molecule has 0 saturated carbocycles. The molecule has 0 radical (unpaired) electrons. The SMILES string of the molecule is CCCc1cc(N2CCCC[C@@H]2c2nccs2)n2ncnc2n1. The summed E-state index contributed by atoms with van der Waals surface area (Å²) in [6.45, 7) is 3.20. The molecule has 4 rings (SSSR count). The zero-order valence-electron chi connectivity index (χ0n) is 13.2. The molecular formula is C16H20N6S. The van der Waals surface area contributed by atoms with E-state index in [2.05, 4.69) is 43.3 Å². The number of aromatic nitrogens is 5. The van der Waals surface area contributed by atoms with Crippen LogP contribution in [-0.4, -0.2) is 31.1 Å². The van der Waals surface area contributed by atoms with E-state index in [1.807, 2.05) is 10.7 Å². The Bertz CT molecular complexity index is 781. The number of hydrogen-bond acceptors (Lipinski definition) is 6. The highest BCUT2D eigenvalue weighted by molar-refractivity contribution is 7.09. The Morgan fingerprint density at radius 1 is 1.30 bits per heavy atom. The summed E-state index contributed by atoms with van der Waals surface area (Å²) < 4.78 is 1.87. The van der Waals surface area contributed by atoms with Gasteiger partial charge in [-0.3, -0.25) is 0 Å². The van der Waals surface area contributed by atoms with Crippen LogP contribution in [0.15, 0.2) is 24.0 Å².